The van der Waals surface area contributed by atoms with Crippen LogP contribution in [-0.4, -0.2) is 29.2 Å². The van der Waals surface area contributed by atoms with Crippen LogP contribution in [0, 0.1) is 0 Å². The van der Waals surface area contributed by atoms with E-state index in [1.165, 1.54) is 7.11 Å². The van der Waals surface area contributed by atoms with Crippen molar-refractivity contribution in [2.24, 2.45) is 7.05 Å². The van der Waals surface area contributed by atoms with Gasteiger partial charge in [-0.2, -0.15) is 0 Å². The molecule has 7 heteroatoms. The van der Waals surface area contributed by atoms with Crippen LogP contribution in [-0.2, 0) is 16.6 Å². The van der Waals surface area contributed by atoms with E-state index in [-0.39, 0.29) is 5.97 Å². The average molecular weight is 535 g/mol. The summed E-state index contributed by atoms with van der Waals surface area (Å²) in [5, 5.41) is 1.17. The summed E-state index contributed by atoms with van der Waals surface area (Å²) in [6, 6.07) is 21.8. The highest BCUT2D eigenvalue weighted by Gasteiger charge is 2.09. The van der Waals surface area contributed by atoms with Crippen molar-refractivity contribution in [1.82, 2.24) is 9.55 Å². The minimum absolute atomic E-state index is 0.184. The normalized spacial score (nSPS) is 11.1. The maximum Gasteiger partial charge on any atom is 0.305 e. The Morgan fingerprint density at radius 3 is 2.32 bits per heavy atom. The second-order valence-corrected chi connectivity index (χ2v) is 9.42. The van der Waals surface area contributed by atoms with Crippen molar-refractivity contribution in [2.45, 2.75) is 19.3 Å². The number of benzene rings is 3. The summed E-state index contributed by atoms with van der Waals surface area (Å²) in [4.78, 5) is 15.9. The van der Waals surface area contributed by atoms with E-state index in [9.17, 15) is 4.79 Å². The van der Waals surface area contributed by atoms with Gasteiger partial charge in [0.1, 0.15) is 11.6 Å². The van der Waals surface area contributed by atoms with Gasteiger partial charge in [0.15, 0.2) is 0 Å². The van der Waals surface area contributed by atoms with Crippen LogP contribution >= 0.6 is 23.2 Å². The van der Waals surface area contributed by atoms with Gasteiger partial charge in [-0.3, -0.25) is 4.79 Å². The Morgan fingerprint density at radius 2 is 1.65 bits per heavy atom. The molecular weight excluding hydrogens is 507 g/mol. The average Bonchev–Trinajstić information content (AvgIpc) is 3.27. The summed E-state index contributed by atoms with van der Waals surface area (Å²) < 4.78 is 12.4. The van der Waals surface area contributed by atoms with E-state index < -0.39 is 0 Å². The fourth-order valence-corrected chi connectivity index (χ4v) is 4.33. The van der Waals surface area contributed by atoms with Crippen molar-refractivity contribution < 1.29 is 14.3 Å². The molecular formula is C30H28Cl2N2O3. The van der Waals surface area contributed by atoms with Crippen molar-refractivity contribution in [3.05, 3.63) is 94.4 Å². The first kappa shape index (κ1) is 26.5. The van der Waals surface area contributed by atoms with Gasteiger partial charge in [0.25, 0.3) is 0 Å². The van der Waals surface area contributed by atoms with Gasteiger partial charge in [-0.1, -0.05) is 65.7 Å². The number of methoxy groups -OCH3 is 1. The SMILES string of the molecule is COC(=O)CCCCOc1ccc(-c2ccc(/C=C/c3nc(-c4ccc(Cl)cc4Cl)cn3C)cc2)cc1. The van der Waals surface area contributed by atoms with Crippen LogP contribution in [0.1, 0.15) is 30.7 Å². The minimum atomic E-state index is -0.184. The number of esters is 1. The van der Waals surface area contributed by atoms with E-state index in [2.05, 4.69) is 29.0 Å². The summed E-state index contributed by atoms with van der Waals surface area (Å²) in [6.07, 6.45) is 7.96. The molecule has 3 aromatic carbocycles. The smallest absolute Gasteiger partial charge is 0.305 e. The van der Waals surface area contributed by atoms with Gasteiger partial charge >= 0.3 is 5.97 Å². The standard InChI is InChI=1S/C30H28Cl2N2O3/c1-34-20-28(26-16-13-24(31)19-27(26)32)33-29(34)17-8-21-6-9-22(10-7-21)23-11-14-25(15-12-23)37-18-4-3-5-30(35)36-2/h6-17,19-20H,3-5,18H2,1-2H3/b17-8+. The summed E-state index contributed by atoms with van der Waals surface area (Å²) in [7, 11) is 3.36. The molecule has 4 aromatic rings. The van der Waals surface area contributed by atoms with Crippen LogP contribution in [0.3, 0.4) is 0 Å². The molecule has 4 rings (SSSR count). The van der Waals surface area contributed by atoms with Crippen LogP contribution in [0.5, 0.6) is 5.75 Å². The fourth-order valence-electron chi connectivity index (χ4n) is 3.83. The first-order chi connectivity index (χ1) is 17.9. The number of rotatable bonds is 10. The monoisotopic (exact) mass is 534 g/mol. The zero-order valence-electron chi connectivity index (χ0n) is 20.8. The highest BCUT2D eigenvalue weighted by atomic mass is 35.5. The largest absolute Gasteiger partial charge is 0.494 e. The molecule has 0 spiro atoms. The molecule has 0 aliphatic heterocycles. The van der Waals surface area contributed by atoms with Crippen LogP contribution in [0.15, 0.2) is 72.9 Å². The lowest BCUT2D eigenvalue weighted by atomic mass is 10.0. The molecule has 0 fully saturated rings. The Hall–Kier alpha value is -3.54. The molecule has 190 valence electrons. The molecule has 0 atom stereocenters. The van der Waals surface area contributed by atoms with E-state index >= 15 is 0 Å². The molecule has 1 heterocycles. The van der Waals surface area contributed by atoms with Gasteiger partial charge in [0.2, 0.25) is 0 Å². The van der Waals surface area contributed by atoms with Crippen molar-refractivity contribution in [3.8, 4) is 28.1 Å². The topological polar surface area (TPSA) is 53.4 Å². The number of ether oxygens (including phenoxy) is 2. The number of carbonyl (C=O) groups excluding carboxylic acids is 1. The molecule has 5 nitrogen and oxygen atoms in total. The zero-order chi connectivity index (χ0) is 26.2. The predicted octanol–water partition coefficient (Wildman–Crippen LogP) is 7.95. The Balaban J connectivity index is 1.34. The van der Waals surface area contributed by atoms with Gasteiger partial charge in [-0.15, -0.1) is 0 Å². The molecule has 0 saturated carbocycles. The first-order valence-corrected chi connectivity index (χ1v) is 12.8. The Labute approximate surface area is 227 Å². The van der Waals surface area contributed by atoms with Gasteiger partial charge < -0.3 is 14.0 Å². The number of halogens is 2. The molecule has 0 N–H and O–H groups in total. The predicted molar refractivity (Wildman–Crippen MR) is 151 cm³/mol. The minimum Gasteiger partial charge on any atom is -0.494 e. The lowest BCUT2D eigenvalue weighted by Crippen LogP contribution is -2.02. The molecule has 0 bridgehead atoms. The number of aryl methyl sites for hydroxylation is 1. The number of aromatic nitrogens is 2. The molecule has 0 aliphatic rings. The van der Waals surface area contributed by atoms with Gasteiger partial charge in [0.05, 0.1) is 24.4 Å². The van der Waals surface area contributed by atoms with E-state index in [0.717, 1.165) is 52.4 Å². The highest BCUT2D eigenvalue weighted by Crippen LogP contribution is 2.30. The van der Waals surface area contributed by atoms with Crippen molar-refractivity contribution in [2.75, 3.05) is 13.7 Å². The third-order valence-corrected chi connectivity index (χ3v) is 6.46. The summed E-state index contributed by atoms with van der Waals surface area (Å²) in [5.74, 6) is 1.46. The quantitative estimate of drug-likeness (QED) is 0.153. The highest BCUT2D eigenvalue weighted by molar-refractivity contribution is 6.36. The molecule has 0 amide bonds. The maximum absolute atomic E-state index is 11.1. The van der Waals surface area contributed by atoms with Crippen molar-refractivity contribution >= 4 is 41.3 Å². The number of unbranched alkanes of at least 4 members (excludes halogenated alkanes) is 1. The fraction of sp³-hybridized carbons (Fsp3) is 0.200. The molecule has 1 aromatic heterocycles. The Kier molecular flexibility index (Phi) is 9.04. The van der Waals surface area contributed by atoms with Crippen LogP contribution in [0.4, 0.5) is 0 Å². The number of nitrogens with zero attached hydrogens (tertiary/aromatic N) is 2. The van der Waals surface area contributed by atoms with Crippen LogP contribution in [0.25, 0.3) is 34.5 Å². The van der Waals surface area contributed by atoms with Crippen molar-refractivity contribution in [1.29, 1.82) is 0 Å². The first-order valence-electron chi connectivity index (χ1n) is 12.0. The van der Waals surface area contributed by atoms with Crippen LogP contribution in [0.2, 0.25) is 10.0 Å². The lowest BCUT2D eigenvalue weighted by molar-refractivity contribution is -0.140. The van der Waals surface area contributed by atoms with E-state index in [4.69, 9.17) is 32.9 Å². The zero-order valence-corrected chi connectivity index (χ0v) is 22.3. The number of imidazole rings is 1. The summed E-state index contributed by atoms with van der Waals surface area (Å²) in [5.41, 5.74) is 4.96. The number of carbonyl (C=O) groups is 1. The van der Waals surface area contributed by atoms with Gasteiger partial charge in [0, 0.05) is 30.3 Å². The number of hydrogen-bond acceptors (Lipinski definition) is 4. The van der Waals surface area contributed by atoms with Crippen molar-refractivity contribution in [3.63, 3.8) is 0 Å². The molecule has 0 saturated heterocycles. The maximum atomic E-state index is 11.1. The van der Waals surface area contributed by atoms with Crippen LogP contribution < -0.4 is 4.74 Å². The second-order valence-electron chi connectivity index (χ2n) is 8.58. The Bertz CT molecular complexity index is 1380. The van der Waals surface area contributed by atoms with E-state index in [1.807, 2.05) is 66.4 Å². The molecule has 0 unspecified atom stereocenters. The van der Waals surface area contributed by atoms with Gasteiger partial charge in [-0.05, 0) is 65.9 Å². The summed E-state index contributed by atoms with van der Waals surface area (Å²) >= 11 is 12.4. The third-order valence-electron chi connectivity index (χ3n) is 5.91. The van der Waals surface area contributed by atoms with E-state index in [0.29, 0.717) is 23.1 Å². The number of hydrogen-bond donors (Lipinski definition) is 0. The Morgan fingerprint density at radius 1 is 0.946 bits per heavy atom. The molecule has 37 heavy (non-hydrogen) atoms. The molecule has 0 aliphatic carbocycles. The lowest BCUT2D eigenvalue weighted by Gasteiger charge is -2.08. The van der Waals surface area contributed by atoms with Gasteiger partial charge in [-0.25, -0.2) is 4.98 Å². The van der Waals surface area contributed by atoms with E-state index in [1.54, 1.807) is 6.07 Å². The third kappa shape index (κ3) is 7.25. The molecule has 0 radical (unpaired) electrons. The second kappa shape index (κ2) is 12.6. The summed E-state index contributed by atoms with van der Waals surface area (Å²) in [6.45, 7) is 0.571.